The van der Waals surface area contributed by atoms with Crippen molar-refractivity contribution in [1.82, 2.24) is 24.8 Å². The second-order valence-corrected chi connectivity index (χ2v) is 15.9. The van der Waals surface area contributed by atoms with Crippen molar-refractivity contribution in [1.29, 1.82) is 0 Å². The van der Waals surface area contributed by atoms with Crippen molar-refractivity contribution < 1.29 is 43.2 Å². The first kappa shape index (κ1) is 38.8. The predicted molar refractivity (Wildman–Crippen MR) is 216 cm³/mol. The summed E-state index contributed by atoms with van der Waals surface area (Å²) >= 11 is 0. The van der Waals surface area contributed by atoms with Crippen LogP contribution < -0.4 is 15.0 Å². The van der Waals surface area contributed by atoms with E-state index in [1.54, 1.807) is 18.2 Å². The van der Waals surface area contributed by atoms with E-state index in [1.807, 2.05) is 36.8 Å². The molecule has 2 saturated heterocycles. The maximum Gasteiger partial charge on any atom is 0.262 e. The summed E-state index contributed by atoms with van der Waals surface area (Å²) in [6, 6.07) is 16.5. The molecule has 1 atom stereocenters. The number of rotatable bonds is 16. The number of aliphatic hydroxyl groups is 1. The van der Waals surface area contributed by atoms with Crippen LogP contribution in [0, 0.1) is 0 Å². The Morgan fingerprint density at radius 3 is 2.39 bits per heavy atom. The summed E-state index contributed by atoms with van der Waals surface area (Å²) in [5, 5.41) is 15.4. The average molecular weight is 803 g/mol. The first-order chi connectivity index (χ1) is 28.6. The summed E-state index contributed by atoms with van der Waals surface area (Å²) in [4.78, 5) is 61.9. The first-order valence-electron chi connectivity index (χ1n) is 20.2. The standard InChI is InChI=1S/C44H46N6O9/c1-48-36-12-13-45-23-35(36)32-7-4-27(18-38(32)48)28-5-11-40(46-22-28)59-30-20-44(55,21-30)26-57-16-2-14-56-15-3-17-58-31-24-49(25-31)29-6-8-33-34(19-29)43(54)50(42(33)53)37-9-10-39(51)47-41(37)52/h4-8,11-13,18-19,22-23,30-31,37,55H,2-3,9-10,14-17,20-21,24-26H2,1H3,(H,47,51,52)/t30-,37?,44+. The molecule has 2 aromatic carbocycles. The third-order valence-electron chi connectivity index (χ3n) is 11.8. The third kappa shape index (κ3) is 7.78. The number of aromatic nitrogens is 3. The lowest BCUT2D eigenvalue weighted by molar-refractivity contribution is -0.144. The van der Waals surface area contributed by atoms with Gasteiger partial charge in [0.05, 0.1) is 35.0 Å². The summed E-state index contributed by atoms with van der Waals surface area (Å²) < 4.78 is 25.7. The molecule has 0 spiro atoms. The van der Waals surface area contributed by atoms with Crippen molar-refractivity contribution in [2.24, 2.45) is 7.05 Å². The van der Waals surface area contributed by atoms with Crippen LogP contribution in [-0.4, -0.2) is 118 Å². The van der Waals surface area contributed by atoms with Crippen LogP contribution in [0.1, 0.15) is 59.2 Å². The van der Waals surface area contributed by atoms with Crippen LogP contribution in [0.5, 0.6) is 5.88 Å². The number of hydrogen-bond donors (Lipinski definition) is 2. The lowest BCUT2D eigenvalue weighted by Gasteiger charge is -2.42. The third-order valence-corrected chi connectivity index (χ3v) is 11.8. The fraction of sp³-hybridized carbons (Fsp3) is 0.409. The number of imide groups is 2. The van der Waals surface area contributed by atoms with E-state index in [1.165, 1.54) is 5.39 Å². The largest absolute Gasteiger partial charge is 0.474 e. The van der Waals surface area contributed by atoms with Gasteiger partial charge >= 0.3 is 0 Å². The maximum absolute atomic E-state index is 13.1. The molecule has 1 saturated carbocycles. The number of hydrogen-bond acceptors (Lipinski definition) is 12. The molecule has 3 fully saturated rings. The van der Waals surface area contributed by atoms with Crippen LogP contribution in [0.3, 0.4) is 0 Å². The van der Waals surface area contributed by atoms with Gasteiger partial charge in [0, 0.05) is 118 Å². The van der Waals surface area contributed by atoms with E-state index < -0.39 is 35.3 Å². The quantitative estimate of drug-likeness (QED) is 0.108. The van der Waals surface area contributed by atoms with Gasteiger partial charge in [-0.2, -0.15) is 0 Å². The molecule has 306 valence electrons. The molecule has 9 rings (SSSR count). The van der Waals surface area contributed by atoms with Crippen molar-refractivity contribution in [2.75, 3.05) is 51.0 Å². The average Bonchev–Trinajstić information content (AvgIpc) is 3.63. The van der Waals surface area contributed by atoms with Gasteiger partial charge in [-0.3, -0.25) is 34.4 Å². The number of ether oxygens (including phenoxy) is 4. The Balaban J connectivity index is 0.616. The Morgan fingerprint density at radius 1 is 0.814 bits per heavy atom. The van der Waals surface area contributed by atoms with Crippen LogP contribution in [-0.2, 0) is 30.8 Å². The molecule has 1 unspecified atom stereocenters. The number of nitrogens with one attached hydrogen (secondary N) is 1. The zero-order valence-electron chi connectivity index (χ0n) is 32.8. The van der Waals surface area contributed by atoms with Gasteiger partial charge in [-0.25, -0.2) is 4.98 Å². The zero-order valence-corrected chi connectivity index (χ0v) is 32.8. The molecule has 4 aliphatic rings. The summed E-state index contributed by atoms with van der Waals surface area (Å²) in [6.45, 7) is 3.73. The number of carbonyl (C=O) groups is 4. The van der Waals surface area contributed by atoms with Crippen molar-refractivity contribution in [3.63, 3.8) is 0 Å². The summed E-state index contributed by atoms with van der Waals surface area (Å²) in [5.74, 6) is -1.52. The fourth-order valence-electron chi connectivity index (χ4n) is 8.46. The second-order valence-electron chi connectivity index (χ2n) is 15.9. The number of amides is 4. The van der Waals surface area contributed by atoms with Crippen molar-refractivity contribution >= 4 is 51.1 Å². The Bertz CT molecular complexity index is 2420. The van der Waals surface area contributed by atoms with Gasteiger partial charge in [0.15, 0.2) is 0 Å². The molecule has 3 aliphatic heterocycles. The minimum atomic E-state index is -0.984. The van der Waals surface area contributed by atoms with E-state index in [0.717, 1.165) is 51.0 Å². The second kappa shape index (κ2) is 16.1. The maximum atomic E-state index is 13.1. The summed E-state index contributed by atoms with van der Waals surface area (Å²) in [7, 11) is 2.07. The van der Waals surface area contributed by atoms with E-state index >= 15 is 0 Å². The van der Waals surface area contributed by atoms with Gasteiger partial charge < -0.3 is 33.5 Å². The molecule has 0 bridgehead atoms. The minimum Gasteiger partial charge on any atom is -0.474 e. The lowest BCUT2D eigenvalue weighted by atomic mass is 9.78. The Kier molecular flexibility index (Phi) is 10.6. The van der Waals surface area contributed by atoms with Crippen LogP contribution in [0.2, 0.25) is 0 Å². The molecule has 6 heterocycles. The van der Waals surface area contributed by atoms with Crippen molar-refractivity contribution in [3.8, 4) is 17.0 Å². The van der Waals surface area contributed by atoms with Crippen LogP contribution in [0.25, 0.3) is 32.9 Å². The summed E-state index contributed by atoms with van der Waals surface area (Å²) in [6.07, 6.45) is 8.11. The van der Waals surface area contributed by atoms with Crippen LogP contribution in [0.15, 0.2) is 73.2 Å². The van der Waals surface area contributed by atoms with E-state index in [2.05, 4.69) is 50.0 Å². The van der Waals surface area contributed by atoms with Crippen LogP contribution >= 0.6 is 0 Å². The number of pyridine rings is 2. The Hall–Kier alpha value is -5.74. The Morgan fingerprint density at radius 2 is 1.59 bits per heavy atom. The van der Waals surface area contributed by atoms with Gasteiger partial charge in [0.1, 0.15) is 12.1 Å². The minimum absolute atomic E-state index is 0.0502. The molecule has 15 heteroatoms. The smallest absolute Gasteiger partial charge is 0.262 e. The van der Waals surface area contributed by atoms with E-state index in [-0.39, 0.29) is 42.8 Å². The molecule has 3 aromatic heterocycles. The molecule has 59 heavy (non-hydrogen) atoms. The number of aryl methyl sites for hydroxylation is 1. The lowest BCUT2D eigenvalue weighted by Crippen LogP contribution is -2.54. The molecular formula is C44H46N6O9. The van der Waals surface area contributed by atoms with Gasteiger partial charge in [0.2, 0.25) is 17.7 Å². The number of carbonyl (C=O) groups excluding carboxylic acids is 4. The van der Waals surface area contributed by atoms with E-state index in [4.69, 9.17) is 18.9 Å². The van der Waals surface area contributed by atoms with Gasteiger partial charge in [-0.15, -0.1) is 0 Å². The highest BCUT2D eigenvalue weighted by atomic mass is 16.5. The highest BCUT2D eigenvalue weighted by Crippen LogP contribution is 2.37. The predicted octanol–water partition coefficient (Wildman–Crippen LogP) is 4.18. The monoisotopic (exact) mass is 802 g/mol. The molecule has 0 radical (unpaired) electrons. The number of piperidine rings is 1. The van der Waals surface area contributed by atoms with Gasteiger partial charge in [-0.05, 0) is 61.2 Å². The van der Waals surface area contributed by atoms with Gasteiger partial charge in [-0.1, -0.05) is 12.1 Å². The molecular weight excluding hydrogens is 757 g/mol. The summed E-state index contributed by atoms with van der Waals surface area (Å²) in [5.41, 5.74) is 4.79. The fourth-order valence-corrected chi connectivity index (χ4v) is 8.46. The first-order valence-corrected chi connectivity index (χ1v) is 20.2. The zero-order chi connectivity index (χ0) is 40.7. The van der Waals surface area contributed by atoms with E-state index in [0.29, 0.717) is 58.2 Å². The van der Waals surface area contributed by atoms with E-state index in [9.17, 15) is 24.3 Å². The topological polar surface area (TPSA) is 175 Å². The number of nitrogens with zero attached hydrogens (tertiary/aromatic N) is 5. The number of fused-ring (bicyclic) bond motifs is 4. The normalized spacial score (nSPS) is 21.9. The number of anilines is 1. The molecule has 5 aromatic rings. The highest BCUT2D eigenvalue weighted by molar-refractivity contribution is 6.23. The molecule has 4 amide bonds. The van der Waals surface area contributed by atoms with Gasteiger partial charge in [0.25, 0.3) is 11.8 Å². The highest BCUT2D eigenvalue weighted by Gasteiger charge is 2.46. The molecule has 15 nitrogen and oxygen atoms in total. The van der Waals surface area contributed by atoms with Crippen LogP contribution in [0.4, 0.5) is 5.69 Å². The SMILES string of the molecule is Cn1c2ccncc2c2ccc(-c3ccc(O[C@H]4C[C@](O)(COCCCOCCCOC5CN(c6ccc7c(c6)C(=O)N(C6CCC(=O)NC6=O)C7=O)C5)C4)nc3)cc21. The number of benzene rings is 2. The van der Waals surface area contributed by atoms with Crippen molar-refractivity contribution in [3.05, 3.63) is 84.3 Å². The Labute approximate surface area is 340 Å². The van der Waals surface area contributed by atoms with Crippen molar-refractivity contribution in [2.45, 2.75) is 62.4 Å². The molecule has 2 N–H and O–H groups in total. The molecule has 1 aliphatic carbocycles.